The van der Waals surface area contributed by atoms with E-state index in [1.54, 1.807) is 0 Å². The number of halogens is 2. The third kappa shape index (κ3) is 3.29. The number of rotatable bonds is 2. The fourth-order valence-corrected chi connectivity index (χ4v) is 2.28. The molecule has 0 aliphatic heterocycles. The molecule has 1 rings (SSSR count). The van der Waals surface area contributed by atoms with Crippen molar-refractivity contribution in [3.8, 4) is 0 Å². The molecular formula is C9H11ClIN. The van der Waals surface area contributed by atoms with Gasteiger partial charge in [-0.25, -0.2) is 0 Å². The van der Waals surface area contributed by atoms with Gasteiger partial charge in [0.15, 0.2) is 0 Å². The highest BCUT2D eigenvalue weighted by atomic mass is 127. The molecule has 0 aliphatic rings. The van der Waals surface area contributed by atoms with Crippen LogP contribution < -0.4 is 5.73 Å². The molecule has 12 heavy (non-hydrogen) atoms. The van der Waals surface area contributed by atoms with Gasteiger partial charge in [-0.1, -0.05) is 11.6 Å². The van der Waals surface area contributed by atoms with Gasteiger partial charge in [0.05, 0.1) is 0 Å². The fourth-order valence-electron chi connectivity index (χ4n) is 1.10. The van der Waals surface area contributed by atoms with Crippen LogP contribution in [-0.2, 0) is 6.42 Å². The van der Waals surface area contributed by atoms with Crippen LogP contribution in [0.2, 0.25) is 5.02 Å². The molecule has 0 bridgehead atoms. The van der Waals surface area contributed by atoms with Crippen molar-refractivity contribution in [2.75, 3.05) is 0 Å². The molecule has 1 aromatic rings. The zero-order chi connectivity index (χ0) is 9.14. The number of nitrogens with two attached hydrogens (primary N) is 1. The minimum absolute atomic E-state index is 0.194. The average Bonchev–Trinajstić information content (AvgIpc) is 1.81. The summed E-state index contributed by atoms with van der Waals surface area (Å²) >= 11 is 8.14. The van der Waals surface area contributed by atoms with Crippen molar-refractivity contribution in [1.29, 1.82) is 0 Å². The summed E-state index contributed by atoms with van der Waals surface area (Å²) in [6.45, 7) is 1.99. The maximum Gasteiger partial charge on any atom is 0.0419 e. The minimum atomic E-state index is 0.194. The molecule has 0 fully saturated rings. The molecular weight excluding hydrogens is 284 g/mol. The Bertz CT molecular complexity index is 253. The van der Waals surface area contributed by atoms with Crippen molar-refractivity contribution in [3.05, 3.63) is 32.4 Å². The van der Waals surface area contributed by atoms with Crippen LogP contribution in [0, 0.1) is 3.57 Å². The van der Waals surface area contributed by atoms with E-state index in [2.05, 4.69) is 28.7 Å². The monoisotopic (exact) mass is 295 g/mol. The van der Waals surface area contributed by atoms with Crippen LogP contribution in [0.4, 0.5) is 0 Å². The highest BCUT2D eigenvalue weighted by Gasteiger charge is 2.00. The second-order valence-electron chi connectivity index (χ2n) is 2.96. The van der Waals surface area contributed by atoms with Crippen LogP contribution in [-0.4, -0.2) is 6.04 Å². The summed E-state index contributed by atoms with van der Waals surface area (Å²) in [4.78, 5) is 0. The Morgan fingerprint density at radius 2 is 2.17 bits per heavy atom. The van der Waals surface area contributed by atoms with Crippen LogP contribution in [0.3, 0.4) is 0 Å². The fraction of sp³-hybridized carbons (Fsp3) is 0.333. The molecule has 1 aromatic carbocycles. The standard InChI is InChI=1S/C9H11ClIN/c1-6(12)2-7-3-8(10)5-9(11)4-7/h3-6H,2,12H2,1H3. The SMILES string of the molecule is CC(N)Cc1cc(Cl)cc(I)c1. The summed E-state index contributed by atoms with van der Waals surface area (Å²) in [5.41, 5.74) is 6.89. The Morgan fingerprint density at radius 3 is 2.67 bits per heavy atom. The molecule has 2 N–H and O–H groups in total. The summed E-state index contributed by atoms with van der Waals surface area (Å²) < 4.78 is 1.16. The molecule has 0 saturated carbocycles. The van der Waals surface area contributed by atoms with Gasteiger partial charge in [0, 0.05) is 14.6 Å². The summed E-state index contributed by atoms with van der Waals surface area (Å²) in [6, 6.07) is 6.20. The van der Waals surface area contributed by atoms with E-state index < -0.39 is 0 Å². The predicted molar refractivity (Wildman–Crippen MR) is 61.5 cm³/mol. The molecule has 1 atom stereocenters. The molecule has 0 heterocycles. The molecule has 1 nitrogen and oxygen atoms in total. The zero-order valence-corrected chi connectivity index (χ0v) is 9.76. The van der Waals surface area contributed by atoms with E-state index in [1.165, 1.54) is 5.56 Å². The van der Waals surface area contributed by atoms with Crippen molar-refractivity contribution in [2.24, 2.45) is 5.73 Å². The second kappa shape index (κ2) is 4.44. The van der Waals surface area contributed by atoms with E-state index in [1.807, 2.05) is 19.1 Å². The third-order valence-corrected chi connectivity index (χ3v) is 2.32. The van der Waals surface area contributed by atoms with Gasteiger partial charge < -0.3 is 5.73 Å². The van der Waals surface area contributed by atoms with Gasteiger partial charge in [0.2, 0.25) is 0 Å². The Kier molecular flexibility index (Phi) is 3.80. The first kappa shape index (κ1) is 10.3. The average molecular weight is 296 g/mol. The molecule has 3 heteroatoms. The van der Waals surface area contributed by atoms with Crippen molar-refractivity contribution in [2.45, 2.75) is 19.4 Å². The van der Waals surface area contributed by atoms with E-state index in [0.29, 0.717) is 0 Å². The lowest BCUT2D eigenvalue weighted by Crippen LogP contribution is -2.17. The summed E-state index contributed by atoms with van der Waals surface area (Å²) in [7, 11) is 0. The largest absolute Gasteiger partial charge is 0.328 e. The number of benzene rings is 1. The van der Waals surface area contributed by atoms with Gasteiger partial charge in [0.1, 0.15) is 0 Å². The molecule has 0 amide bonds. The van der Waals surface area contributed by atoms with Gasteiger partial charge in [0.25, 0.3) is 0 Å². The van der Waals surface area contributed by atoms with Crippen molar-refractivity contribution in [3.63, 3.8) is 0 Å². The quantitative estimate of drug-likeness (QED) is 0.834. The molecule has 66 valence electrons. The Balaban J connectivity index is 2.85. The van der Waals surface area contributed by atoms with Gasteiger partial charge in [-0.15, -0.1) is 0 Å². The molecule has 0 radical (unpaired) electrons. The first-order valence-electron chi connectivity index (χ1n) is 3.78. The van der Waals surface area contributed by atoms with Gasteiger partial charge >= 0.3 is 0 Å². The van der Waals surface area contributed by atoms with E-state index >= 15 is 0 Å². The molecule has 0 spiro atoms. The molecule has 1 unspecified atom stereocenters. The Morgan fingerprint density at radius 1 is 1.50 bits per heavy atom. The predicted octanol–water partition coefficient (Wildman–Crippen LogP) is 2.83. The lowest BCUT2D eigenvalue weighted by atomic mass is 10.1. The van der Waals surface area contributed by atoms with Gasteiger partial charge in [-0.2, -0.15) is 0 Å². The number of hydrogen-bond acceptors (Lipinski definition) is 1. The van der Waals surface area contributed by atoms with Gasteiger partial charge in [-0.05, 0) is 59.7 Å². The molecule has 0 saturated heterocycles. The summed E-state index contributed by atoms with van der Waals surface area (Å²) in [5.74, 6) is 0. The zero-order valence-electron chi connectivity index (χ0n) is 6.85. The Hall–Kier alpha value is 0.200. The van der Waals surface area contributed by atoms with E-state index in [-0.39, 0.29) is 6.04 Å². The lowest BCUT2D eigenvalue weighted by molar-refractivity contribution is 0.738. The van der Waals surface area contributed by atoms with Crippen LogP contribution in [0.5, 0.6) is 0 Å². The van der Waals surface area contributed by atoms with Crippen molar-refractivity contribution in [1.82, 2.24) is 0 Å². The Labute approximate surface area is 91.4 Å². The second-order valence-corrected chi connectivity index (χ2v) is 4.64. The first-order valence-corrected chi connectivity index (χ1v) is 5.24. The normalized spacial score (nSPS) is 13.0. The maximum atomic E-state index is 5.89. The topological polar surface area (TPSA) is 26.0 Å². The van der Waals surface area contributed by atoms with Crippen molar-refractivity contribution >= 4 is 34.2 Å². The van der Waals surface area contributed by atoms with Crippen molar-refractivity contribution < 1.29 is 0 Å². The van der Waals surface area contributed by atoms with Gasteiger partial charge in [-0.3, -0.25) is 0 Å². The first-order chi connectivity index (χ1) is 5.58. The minimum Gasteiger partial charge on any atom is -0.328 e. The summed E-state index contributed by atoms with van der Waals surface area (Å²) in [5, 5.41) is 0.789. The highest BCUT2D eigenvalue weighted by Crippen LogP contribution is 2.17. The van der Waals surface area contributed by atoms with Crippen LogP contribution in [0.25, 0.3) is 0 Å². The summed E-state index contributed by atoms with van der Waals surface area (Å²) in [6.07, 6.45) is 0.885. The molecule has 0 aromatic heterocycles. The number of hydrogen-bond donors (Lipinski definition) is 1. The smallest absolute Gasteiger partial charge is 0.0419 e. The molecule has 0 aliphatic carbocycles. The maximum absolute atomic E-state index is 5.89. The van der Waals surface area contributed by atoms with E-state index in [0.717, 1.165) is 15.0 Å². The highest BCUT2D eigenvalue weighted by molar-refractivity contribution is 14.1. The van der Waals surface area contributed by atoms with E-state index in [4.69, 9.17) is 17.3 Å². The third-order valence-electron chi connectivity index (χ3n) is 1.48. The van der Waals surface area contributed by atoms with Crippen LogP contribution in [0.1, 0.15) is 12.5 Å². The van der Waals surface area contributed by atoms with Crippen LogP contribution in [0.15, 0.2) is 18.2 Å². The lowest BCUT2D eigenvalue weighted by Gasteiger charge is -2.05. The van der Waals surface area contributed by atoms with Crippen LogP contribution >= 0.6 is 34.2 Å². The van der Waals surface area contributed by atoms with E-state index in [9.17, 15) is 0 Å².